The fraction of sp³-hybridized carbons (Fsp3) is 0.545. The molecule has 0 amide bonds. The van der Waals surface area contributed by atoms with E-state index in [9.17, 15) is 8.42 Å². The van der Waals surface area contributed by atoms with Gasteiger partial charge in [0.25, 0.3) is 0 Å². The number of anilines is 1. The van der Waals surface area contributed by atoms with Crippen LogP contribution in [0.2, 0.25) is 0 Å². The summed E-state index contributed by atoms with van der Waals surface area (Å²) in [6.07, 6.45) is 3.01. The van der Waals surface area contributed by atoms with Crippen LogP contribution < -0.4 is 11.3 Å². The summed E-state index contributed by atoms with van der Waals surface area (Å²) in [4.78, 5) is 4.03. The number of nitrogen functional groups attached to an aromatic ring is 1. The molecule has 8 heteroatoms. The quantitative estimate of drug-likeness (QED) is 0.605. The summed E-state index contributed by atoms with van der Waals surface area (Å²) in [7, 11) is -1.92. The number of aromatic nitrogens is 1. The van der Waals surface area contributed by atoms with Crippen LogP contribution in [0.3, 0.4) is 0 Å². The number of methoxy groups -OCH3 is 1. The van der Waals surface area contributed by atoms with Gasteiger partial charge in [0.15, 0.2) is 5.82 Å². The fourth-order valence-electron chi connectivity index (χ4n) is 2.15. The van der Waals surface area contributed by atoms with E-state index in [1.54, 1.807) is 13.2 Å². The van der Waals surface area contributed by atoms with E-state index >= 15 is 0 Å². The molecule has 106 valence electrons. The van der Waals surface area contributed by atoms with Crippen LogP contribution in [-0.2, 0) is 14.8 Å². The van der Waals surface area contributed by atoms with Crippen molar-refractivity contribution in [2.24, 2.45) is 5.84 Å². The van der Waals surface area contributed by atoms with E-state index in [0.29, 0.717) is 25.9 Å². The number of piperidine rings is 1. The van der Waals surface area contributed by atoms with Gasteiger partial charge in [0, 0.05) is 26.4 Å². The number of nitrogens with two attached hydrogens (primary N) is 1. The van der Waals surface area contributed by atoms with Crippen molar-refractivity contribution in [3.63, 3.8) is 0 Å². The van der Waals surface area contributed by atoms with Crippen LogP contribution in [0.5, 0.6) is 0 Å². The minimum absolute atomic E-state index is 0.105. The molecule has 2 heterocycles. The number of nitrogens with one attached hydrogen (secondary N) is 1. The van der Waals surface area contributed by atoms with Gasteiger partial charge in [0.05, 0.1) is 6.10 Å². The summed E-state index contributed by atoms with van der Waals surface area (Å²) in [6.45, 7) is 0.888. The molecule has 3 N–H and O–H groups in total. The van der Waals surface area contributed by atoms with Crippen molar-refractivity contribution in [3.8, 4) is 0 Å². The van der Waals surface area contributed by atoms with E-state index in [2.05, 4.69) is 10.4 Å². The Labute approximate surface area is 112 Å². The molecule has 2 rings (SSSR count). The van der Waals surface area contributed by atoms with Gasteiger partial charge in [-0.1, -0.05) is 0 Å². The third-order valence-electron chi connectivity index (χ3n) is 3.26. The van der Waals surface area contributed by atoms with Crippen molar-refractivity contribution < 1.29 is 13.2 Å². The van der Waals surface area contributed by atoms with Gasteiger partial charge in [-0.3, -0.25) is 0 Å². The van der Waals surface area contributed by atoms with Crippen LogP contribution in [0.25, 0.3) is 0 Å². The minimum atomic E-state index is -3.56. The fourth-order valence-corrected chi connectivity index (χ4v) is 3.73. The molecule has 0 bridgehead atoms. The van der Waals surface area contributed by atoms with Crippen LogP contribution >= 0.6 is 0 Å². The zero-order valence-corrected chi connectivity index (χ0v) is 11.6. The Morgan fingerprint density at radius 2 is 2.16 bits per heavy atom. The molecule has 0 saturated carbocycles. The van der Waals surface area contributed by atoms with Gasteiger partial charge in [-0.2, -0.15) is 4.31 Å². The largest absolute Gasteiger partial charge is 0.381 e. The molecule has 0 aromatic carbocycles. The van der Waals surface area contributed by atoms with Crippen LogP contribution in [0.1, 0.15) is 12.8 Å². The summed E-state index contributed by atoms with van der Waals surface area (Å²) in [5.74, 6) is 5.47. The predicted molar refractivity (Wildman–Crippen MR) is 70.8 cm³/mol. The van der Waals surface area contributed by atoms with Crippen LogP contribution in [0.4, 0.5) is 5.82 Å². The second kappa shape index (κ2) is 5.83. The predicted octanol–water partition coefficient (Wildman–Crippen LogP) is 0.167. The molecular formula is C11H18N4O3S. The van der Waals surface area contributed by atoms with Gasteiger partial charge < -0.3 is 10.2 Å². The van der Waals surface area contributed by atoms with E-state index in [4.69, 9.17) is 10.6 Å². The Balaban J connectivity index is 2.23. The van der Waals surface area contributed by atoms with Crippen molar-refractivity contribution >= 4 is 15.8 Å². The van der Waals surface area contributed by atoms with Gasteiger partial charge in [-0.15, -0.1) is 0 Å². The molecule has 1 aliphatic rings. The van der Waals surface area contributed by atoms with Crippen LogP contribution in [0.15, 0.2) is 23.2 Å². The Hall–Kier alpha value is -1.22. The lowest BCUT2D eigenvalue weighted by Gasteiger charge is -2.30. The van der Waals surface area contributed by atoms with Crippen LogP contribution in [-0.4, -0.2) is 44.0 Å². The maximum atomic E-state index is 12.5. The van der Waals surface area contributed by atoms with Gasteiger partial charge in [0.2, 0.25) is 10.0 Å². The molecule has 1 aliphatic heterocycles. The SMILES string of the molecule is COC1CCN(S(=O)(=O)c2cccnc2NN)CC1. The molecule has 1 fully saturated rings. The van der Waals surface area contributed by atoms with Crippen molar-refractivity contribution in [2.75, 3.05) is 25.6 Å². The Morgan fingerprint density at radius 3 is 2.74 bits per heavy atom. The highest BCUT2D eigenvalue weighted by Gasteiger charge is 2.31. The molecule has 0 spiro atoms. The number of hydrogen-bond donors (Lipinski definition) is 2. The topological polar surface area (TPSA) is 97.5 Å². The maximum absolute atomic E-state index is 12.5. The first kappa shape index (κ1) is 14.2. The van der Waals surface area contributed by atoms with Gasteiger partial charge >= 0.3 is 0 Å². The van der Waals surface area contributed by atoms with Crippen molar-refractivity contribution in [3.05, 3.63) is 18.3 Å². The average Bonchev–Trinajstić information content (AvgIpc) is 2.47. The average molecular weight is 286 g/mol. The Kier molecular flexibility index (Phi) is 4.35. The number of pyridine rings is 1. The number of rotatable bonds is 4. The number of sulfonamides is 1. The second-order valence-corrected chi connectivity index (χ2v) is 6.24. The number of nitrogens with zero attached hydrogens (tertiary/aromatic N) is 2. The van der Waals surface area contributed by atoms with Crippen molar-refractivity contribution in [2.45, 2.75) is 23.8 Å². The normalized spacial score (nSPS) is 18.4. The molecular weight excluding hydrogens is 268 g/mol. The molecule has 19 heavy (non-hydrogen) atoms. The standard InChI is InChI=1S/C11H18N4O3S/c1-18-9-4-7-15(8-5-9)19(16,17)10-3-2-6-13-11(10)14-12/h2-3,6,9H,4-5,7-8,12H2,1H3,(H,13,14). The zero-order chi connectivity index (χ0) is 13.9. The van der Waals surface area contributed by atoms with E-state index in [1.165, 1.54) is 16.6 Å². The lowest BCUT2D eigenvalue weighted by molar-refractivity contribution is 0.0604. The lowest BCUT2D eigenvalue weighted by atomic mass is 10.1. The first-order chi connectivity index (χ1) is 9.09. The molecule has 0 atom stereocenters. The zero-order valence-electron chi connectivity index (χ0n) is 10.7. The highest BCUT2D eigenvalue weighted by Crippen LogP contribution is 2.25. The van der Waals surface area contributed by atoms with E-state index in [-0.39, 0.29) is 16.8 Å². The maximum Gasteiger partial charge on any atom is 0.246 e. The summed E-state index contributed by atoms with van der Waals surface area (Å²) >= 11 is 0. The van der Waals surface area contributed by atoms with E-state index < -0.39 is 10.0 Å². The summed E-state index contributed by atoms with van der Waals surface area (Å²) < 4.78 is 31.7. The number of hydrogen-bond acceptors (Lipinski definition) is 6. The molecule has 0 aliphatic carbocycles. The third kappa shape index (κ3) is 2.86. The first-order valence-electron chi connectivity index (χ1n) is 6.04. The first-order valence-corrected chi connectivity index (χ1v) is 7.48. The molecule has 1 aromatic rings. The van der Waals surface area contributed by atoms with Gasteiger partial charge in [-0.25, -0.2) is 19.2 Å². The molecule has 0 radical (unpaired) electrons. The van der Waals surface area contributed by atoms with Crippen LogP contribution in [0, 0.1) is 0 Å². The summed E-state index contributed by atoms with van der Waals surface area (Å²) in [5.41, 5.74) is 2.32. The van der Waals surface area contributed by atoms with Gasteiger partial charge in [-0.05, 0) is 25.0 Å². The third-order valence-corrected chi connectivity index (χ3v) is 5.19. The molecule has 7 nitrogen and oxygen atoms in total. The summed E-state index contributed by atoms with van der Waals surface area (Å²) in [6, 6.07) is 3.08. The Morgan fingerprint density at radius 1 is 1.47 bits per heavy atom. The van der Waals surface area contributed by atoms with E-state index in [0.717, 1.165) is 0 Å². The molecule has 0 unspecified atom stereocenters. The monoisotopic (exact) mass is 286 g/mol. The summed E-state index contributed by atoms with van der Waals surface area (Å²) in [5, 5.41) is 0. The second-order valence-electron chi connectivity index (χ2n) is 4.33. The minimum Gasteiger partial charge on any atom is -0.381 e. The number of ether oxygens (including phenoxy) is 1. The van der Waals surface area contributed by atoms with Gasteiger partial charge in [0.1, 0.15) is 4.90 Å². The van der Waals surface area contributed by atoms with Crippen molar-refractivity contribution in [1.82, 2.24) is 9.29 Å². The van der Waals surface area contributed by atoms with Crippen molar-refractivity contribution in [1.29, 1.82) is 0 Å². The number of hydrazine groups is 1. The highest BCUT2D eigenvalue weighted by molar-refractivity contribution is 7.89. The lowest BCUT2D eigenvalue weighted by Crippen LogP contribution is -2.40. The highest BCUT2D eigenvalue weighted by atomic mass is 32.2. The molecule has 1 aromatic heterocycles. The van der Waals surface area contributed by atoms with E-state index in [1.807, 2.05) is 0 Å². The molecule has 1 saturated heterocycles. The smallest absolute Gasteiger partial charge is 0.246 e. The Bertz CT molecular complexity index is 526.